The van der Waals surface area contributed by atoms with Gasteiger partial charge in [-0.25, -0.2) is 0 Å². The minimum Gasteiger partial charge on any atom is -0.0805 e. The summed E-state index contributed by atoms with van der Waals surface area (Å²) in [6, 6.07) is 45.8. The predicted molar refractivity (Wildman–Crippen MR) is 136 cm³/mol. The molecular formula is C30H28Si. The van der Waals surface area contributed by atoms with Crippen molar-refractivity contribution in [2.45, 2.75) is 12.5 Å². The first-order valence-corrected chi connectivity index (χ1v) is 13.5. The van der Waals surface area contributed by atoms with Gasteiger partial charge in [0.1, 0.15) is 8.07 Å². The molecule has 5 rings (SSSR count). The fourth-order valence-electron chi connectivity index (χ4n) is 4.96. The largest absolute Gasteiger partial charge is 0.148 e. The molecule has 0 unspecified atom stereocenters. The van der Waals surface area contributed by atoms with Crippen LogP contribution in [0.2, 0.25) is 6.04 Å². The van der Waals surface area contributed by atoms with Crippen LogP contribution in [0, 0.1) is 11.8 Å². The first-order valence-electron chi connectivity index (χ1n) is 11.3. The standard InChI is InChI=1S/C30H28Si/c1-5-13-25(14-6-1)21-22-26-23-27(26)24-31(28-15-7-2-8-16-28,29-17-9-3-10-18-29)30-19-11-4-12-20-30/h1-22,26-27H,23-24H2/b22-21+/t26-,27-/m1/s1. The molecule has 1 saturated carbocycles. The van der Waals surface area contributed by atoms with Crippen LogP contribution in [-0.4, -0.2) is 8.07 Å². The summed E-state index contributed by atoms with van der Waals surface area (Å²) in [5.41, 5.74) is 1.30. The highest BCUT2D eigenvalue weighted by molar-refractivity contribution is 7.11. The van der Waals surface area contributed by atoms with Crippen LogP contribution >= 0.6 is 0 Å². The zero-order valence-electron chi connectivity index (χ0n) is 17.8. The molecule has 0 amide bonds. The van der Waals surface area contributed by atoms with Gasteiger partial charge in [-0.3, -0.25) is 0 Å². The second kappa shape index (κ2) is 8.91. The third-order valence-electron chi connectivity index (χ3n) is 6.68. The molecule has 0 saturated heterocycles. The van der Waals surface area contributed by atoms with Crippen molar-refractivity contribution >= 4 is 29.7 Å². The molecule has 1 heteroatoms. The number of rotatable bonds is 7. The maximum atomic E-state index is 2.44. The third kappa shape index (κ3) is 4.19. The summed E-state index contributed by atoms with van der Waals surface area (Å²) in [7, 11) is -2.11. The van der Waals surface area contributed by atoms with Crippen LogP contribution in [0.4, 0.5) is 0 Å². The zero-order valence-corrected chi connectivity index (χ0v) is 18.8. The molecule has 2 atom stereocenters. The Balaban J connectivity index is 1.53. The van der Waals surface area contributed by atoms with Gasteiger partial charge in [0.25, 0.3) is 0 Å². The number of allylic oxidation sites excluding steroid dienone is 1. The molecule has 0 aliphatic heterocycles. The monoisotopic (exact) mass is 416 g/mol. The second-order valence-electron chi connectivity index (χ2n) is 8.64. The van der Waals surface area contributed by atoms with Crippen molar-refractivity contribution in [3.8, 4) is 0 Å². The summed E-state index contributed by atoms with van der Waals surface area (Å²) in [6.45, 7) is 0. The Labute approximate surface area is 186 Å². The lowest BCUT2D eigenvalue weighted by Crippen LogP contribution is -2.67. The highest BCUT2D eigenvalue weighted by Gasteiger charge is 2.47. The molecular weight excluding hydrogens is 388 g/mol. The minimum atomic E-state index is -2.11. The topological polar surface area (TPSA) is 0 Å². The van der Waals surface area contributed by atoms with E-state index in [2.05, 4.69) is 133 Å². The summed E-state index contributed by atoms with van der Waals surface area (Å²) in [4.78, 5) is 0. The average Bonchev–Trinajstić information content (AvgIpc) is 3.61. The van der Waals surface area contributed by atoms with Gasteiger partial charge in [-0.1, -0.05) is 133 Å². The summed E-state index contributed by atoms with van der Waals surface area (Å²) >= 11 is 0. The first kappa shape index (κ1) is 19.8. The van der Waals surface area contributed by atoms with Gasteiger partial charge < -0.3 is 0 Å². The van der Waals surface area contributed by atoms with Gasteiger partial charge >= 0.3 is 0 Å². The molecule has 0 radical (unpaired) electrons. The van der Waals surface area contributed by atoms with Gasteiger partial charge in [-0.05, 0) is 45.4 Å². The molecule has 4 aromatic carbocycles. The average molecular weight is 417 g/mol. The van der Waals surface area contributed by atoms with E-state index in [1.807, 2.05) is 0 Å². The van der Waals surface area contributed by atoms with Gasteiger partial charge in [-0.15, -0.1) is 0 Å². The second-order valence-corrected chi connectivity index (χ2v) is 12.6. The first-order chi connectivity index (χ1) is 15.4. The van der Waals surface area contributed by atoms with Gasteiger partial charge in [0, 0.05) is 0 Å². The van der Waals surface area contributed by atoms with Gasteiger partial charge in [0.2, 0.25) is 0 Å². The summed E-state index contributed by atoms with van der Waals surface area (Å²) in [5.74, 6) is 1.43. The summed E-state index contributed by atoms with van der Waals surface area (Å²) in [6.07, 6.45) is 6.05. The van der Waals surface area contributed by atoms with Crippen molar-refractivity contribution in [2.24, 2.45) is 11.8 Å². The molecule has 0 aromatic heterocycles. The maximum Gasteiger partial charge on any atom is 0.148 e. The van der Waals surface area contributed by atoms with E-state index in [1.54, 1.807) is 0 Å². The van der Waals surface area contributed by atoms with Crippen molar-refractivity contribution in [1.82, 2.24) is 0 Å². The van der Waals surface area contributed by atoms with E-state index in [9.17, 15) is 0 Å². The molecule has 0 nitrogen and oxygen atoms in total. The van der Waals surface area contributed by atoms with Crippen LogP contribution in [0.15, 0.2) is 127 Å². The van der Waals surface area contributed by atoms with Crippen LogP contribution in [-0.2, 0) is 0 Å². The molecule has 1 aliphatic rings. The van der Waals surface area contributed by atoms with E-state index in [-0.39, 0.29) is 0 Å². The van der Waals surface area contributed by atoms with Crippen molar-refractivity contribution in [2.75, 3.05) is 0 Å². The lowest BCUT2D eigenvalue weighted by Gasteiger charge is -2.34. The Bertz CT molecular complexity index is 1020. The molecule has 4 aromatic rings. The van der Waals surface area contributed by atoms with Gasteiger partial charge in [-0.2, -0.15) is 0 Å². The fourth-order valence-corrected chi connectivity index (χ4v) is 10.2. The quantitative estimate of drug-likeness (QED) is 0.275. The lowest BCUT2D eigenvalue weighted by atomic mass is 10.2. The molecule has 31 heavy (non-hydrogen) atoms. The van der Waals surface area contributed by atoms with Crippen LogP contribution in [0.25, 0.3) is 6.08 Å². The Morgan fingerprint density at radius 2 is 1.00 bits per heavy atom. The van der Waals surface area contributed by atoms with Crippen molar-refractivity contribution in [3.05, 3.63) is 133 Å². The van der Waals surface area contributed by atoms with E-state index >= 15 is 0 Å². The smallest absolute Gasteiger partial charge is 0.0805 e. The molecule has 0 bridgehead atoms. The molecule has 0 N–H and O–H groups in total. The van der Waals surface area contributed by atoms with Crippen LogP contribution in [0.5, 0.6) is 0 Å². The molecule has 152 valence electrons. The van der Waals surface area contributed by atoms with E-state index in [0.29, 0.717) is 5.92 Å². The highest BCUT2D eigenvalue weighted by atomic mass is 28.3. The Morgan fingerprint density at radius 3 is 1.45 bits per heavy atom. The molecule has 1 fully saturated rings. The van der Waals surface area contributed by atoms with E-state index in [0.717, 1.165) is 5.92 Å². The van der Waals surface area contributed by atoms with E-state index < -0.39 is 8.07 Å². The molecule has 1 aliphatic carbocycles. The predicted octanol–water partition coefficient (Wildman–Crippen LogP) is 5.51. The van der Waals surface area contributed by atoms with Crippen molar-refractivity contribution in [1.29, 1.82) is 0 Å². The number of hydrogen-bond acceptors (Lipinski definition) is 0. The zero-order chi connectivity index (χ0) is 20.9. The van der Waals surface area contributed by atoms with Crippen LogP contribution < -0.4 is 15.6 Å². The SMILES string of the molecule is C(=C\[C@@H]1C[C@@H]1C[Si](c1ccccc1)(c1ccccc1)c1ccccc1)/c1ccccc1. The summed E-state index contributed by atoms with van der Waals surface area (Å²) in [5, 5.41) is 4.56. The number of hydrogen-bond donors (Lipinski definition) is 0. The lowest BCUT2D eigenvalue weighted by molar-refractivity contribution is 0.886. The van der Waals surface area contributed by atoms with Crippen molar-refractivity contribution in [3.63, 3.8) is 0 Å². The highest BCUT2D eigenvalue weighted by Crippen LogP contribution is 2.45. The number of benzene rings is 4. The van der Waals surface area contributed by atoms with Crippen LogP contribution in [0.1, 0.15) is 12.0 Å². The normalized spacial score (nSPS) is 18.2. The van der Waals surface area contributed by atoms with Gasteiger partial charge in [0.05, 0.1) is 0 Å². The van der Waals surface area contributed by atoms with E-state index in [1.165, 1.54) is 33.6 Å². The maximum absolute atomic E-state index is 2.44. The van der Waals surface area contributed by atoms with Crippen LogP contribution in [0.3, 0.4) is 0 Å². The Kier molecular flexibility index (Phi) is 5.69. The summed E-state index contributed by atoms with van der Waals surface area (Å²) < 4.78 is 0. The molecule has 0 spiro atoms. The Morgan fingerprint density at radius 1 is 0.581 bits per heavy atom. The van der Waals surface area contributed by atoms with E-state index in [4.69, 9.17) is 0 Å². The fraction of sp³-hybridized carbons (Fsp3) is 0.133. The minimum absolute atomic E-state index is 0.684. The van der Waals surface area contributed by atoms with Gasteiger partial charge in [0.15, 0.2) is 0 Å². The Hall–Kier alpha value is -3.16. The molecule has 0 heterocycles. The third-order valence-corrected chi connectivity index (χ3v) is 11.8. The van der Waals surface area contributed by atoms with Crippen molar-refractivity contribution < 1.29 is 0 Å².